The molecular formula is C21H15F4N5O2S. The Labute approximate surface area is 186 Å². The van der Waals surface area contributed by atoms with Crippen molar-refractivity contribution in [2.75, 3.05) is 5.32 Å². The maximum atomic E-state index is 13.6. The smallest absolute Gasteiger partial charge is 0.256 e. The predicted octanol–water partition coefficient (Wildman–Crippen LogP) is 4.77. The van der Waals surface area contributed by atoms with E-state index in [0.29, 0.717) is 6.07 Å². The normalized spacial score (nSPS) is 13.6. The maximum absolute atomic E-state index is 13.6. The third-order valence-corrected chi connectivity index (χ3v) is 5.83. The third kappa shape index (κ3) is 5.23. The Hall–Kier alpha value is -3.64. The number of nitrogens with zero attached hydrogens (tertiary/aromatic N) is 4. The van der Waals surface area contributed by atoms with Gasteiger partial charge in [0.1, 0.15) is 27.3 Å². The summed E-state index contributed by atoms with van der Waals surface area (Å²) in [7, 11) is -3.83. The molecule has 0 bridgehead atoms. The standard InChI is InChI=1S/C21H15F4N5O2S/c22-13-8-14(23)10-15(9-13)27-20-19-21(30(12-26-19)11-17(24)25)29-18(28-20)6-7-33(31,32)16-4-2-1-3-5-16/h1-10,12,17H,11H2,(H-,27,28,29,31,32)/b7-6+. The summed E-state index contributed by atoms with van der Waals surface area (Å²) in [6.45, 7) is -0.715. The number of hydrogen-bond acceptors (Lipinski definition) is 6. The van der Waals surface area contributed by atoms with E-state index in [1.54, 1.807) is 18.2 Å². The van der Waals surface area contributed by atoms with Crippen LogP contribution in [0.2, 0.25) is 0 Å². The molecule has 4 aromatic rings. The fourth-order valence-electron chi connectivity index (χ4n) is 3.01. The topological polar surface area (TPSA) is 95.8 Å². The fourth-order valence-corrected chi connectivity index (χ4v) is 4.00. The minimum absolute atomic E-state index is 0.0113. The van der Waals surface area contributed by atoms with Gasteiger partial charge < -0.3 is 14.4 Å². The van der Waals surface area contributed by atoms with E-state index in [2.05, 4.69) is 20.3 Å². The molecule has 2 aromatic carbocycles. The molecule has 1 atom stereocenters. The van der Waals surface area contributed by atoms with Crippen molar-refractivity contribution in [3.05, 3.63) is 77.7 Å². The average Bonchev–Trinajstić information content (AvgIpc) is 3.15. The number of hydrogen-bond donors (Lipinski definition) is 1. The molecule has 0 amide bonds. The molecule has 0 saturated heterocycles. The average molecular weight is 477 g/mol. The van der Waals surface area contributed by atoms with Crippen LogP contribution in [0.3, 0.4) is 0 Å². The Bertz CT molecular complexity index is 1360. The molecule has 0 aliphatic carbocycles. The van der Waals surface area contributed by atoms with Crippen molar-refractivity contribution in [3.8, 4) is 0 Å². The summed E-state index contributed by atoms with van der Waals surface area (Å²) in [4.78, 5) is 12.4. The van der Waals surface area contributed by atoms with Crippen LogP contribution in [-0.4, -0.2) is 30.5 Å². The summed E-state index contributed by atoms with van der Waals surface area (Å²) in [5.41, 5.74) is 0.0348. The molecule has 0 spiro atoms. The largest absolute Gasteiger partial charge is 0.606 e. The highest BCUT2D eigenvalue weighted by atomic mass is 32.3. The Balaban J connectivity index is 1.78. The molecule has 0 aliphatic rings. The van der Waals surface area contributed by atoms with E-state index in [4.69, 9.17) is 0 Å². The van der Waals surface area contributed by atoms with E-state index >= 15 is 0 Å². The first-order valence-electron chi connectivity index (χ1n) is 9.43. The van der Waals surface area contributed by atoms with Crippen LogP contribution in [0.25, 0.3) is 17.2 Å². The van der Waals surface area contributed by atoms with Gasteiger partial charge in [0.25, 0.3) is 6.43 Å². The number of imidazole rings is 1. The Kier molecular flexibility index (Phi) is 6.20. The number of aromatic nitrogens is 4. The van der Waals surface area contributed by atoms with Crippen molar-refractivity contribution in [1.82, 2.24) is 19.5 Å². The number of benzene rings is 2. The number of rotatable bonds is 7. The van der Waals surface area contributed by atoms with Crippen molar-refractivity contribution < 1.29 is 26.3 Å². The van der Waals surface area contributed by atoms with E-state index < -0.39 is 34.8 Å². The van der Waals surface area contributed by atoms with Crippen LogP contribution in [0.4, 0.5) is 29.1 Å². The zero-order valence-electron chi connectivity index (χ0n) is 16.7. The summed E-state index contributed by atoms with van der Waals surface area (Å²) in [6, 6.07) is 10.3. The lowest BCUT2D eigenvalue weighted by molar-refractivity contribution is 0.128. The van der Waals surface area contributed by atoms with Gasteiger partial charge in [0, 0.05) is 17.8 Å². The lowest BCUT2D eigenvalue weighted by Gasteiger charge is -2.10. The maximum Gasteiger partial charge on any atom is 0.256 e. The van der Waals surface area contributed by atoms with Crippen LogP contribution >= 0.6 is 0 Å². The number of anilines is 2. The molecular weight excluding hydrogens is 462 g/mol. The zero-order valence-corrected chi connectivity index (χ0v) is 17.5. The van der Waals surface area contributed by atoms with Crippen molar-refractivity contribution in [2.24, 2.45) is 0 Å². The predicted molar refractivity (Wildman–Crippen MR) is 114 cm³/mol. The lowest BCUT2D eigenvalue weighted by atomic mass is 10.3. The van der Waals surface area contributed by atoms with E-state index in [-0.39, 0.29) is 33.4 Å². The van der Waals surface area contributed by atoms with Gasteiger partial charge in [-0.25, -0.2) is 32.5 Å². The van der Waals surface area contributed by atoms with Gasteiger partial charge in [-0.15, -0.1) is 0 Å². The highest BCUT2D eigenvalue weighted by Gasteiger charge is 2.18. The first-order valence-corrected chi connectivity index (χ1v) is 11.0. The molecule has 0 fully saturated rings. The van der Waals surface area contributed by atoms with Gasteiger partial charge >= 0.3 is 0 Å². The first-order chi connectivity index (χ1) is 15.7. The van der Waals surface area contributed by atoms with Crippen molar-refractivity contribution in [1.29, 1.82) is 0 Å². The minimum atomic E-state index is -3.83. The quantitative estimate of drug-likeness (QED) is 0.304. The van der Waals surface area contributed by atoms with Gasteiger partial charge in [-0.05, 0) is 24.3 Å². The molecule has 7 nitrogen and oxygen atoms in total. The molecule has 0 saturated carbocycles. The van der Waals surface area contributed by atoms with E-state index in [1.165, 1.54) is 12.1 Å². The second kappa shape index (κ2) is 9.08. The number of fused-ring (bicyclic) bond motifs is 1. The molecule has 33 heavy (non-hydrogen) atoms. The van der Waals surface area contributed by atoms with E-state index in [9.17, 15) is 26.3 Å². The fraction of sp³-hybridized carbons (Fsp3) is 0.0952. The molecule has 0 aliphatic heterocycles. The summed E-state index contributed by atoms with van der Waals surface area (Å²) in [5.74, 6) is -1.88. The lowest BCUT2D eigenvalue weighted by Crippen LogP contribution is -2.08. The van der Waals surface area contributed by atoms with Crippen molar-refractivity contribution >= 4 is 39.0 Å². The SMILES string of the molecule is O=[S+]([O-])(/C=C/c1nc(Nc2cc(F)cc(F)c2)c2ncn(CC(F)F)c2n1)c1ccccc1. The van der Waals surface area contributed by atoms with Gasteiger partial charge in [0.2, 0.25) is 0 Å². The van der Waals surface area contributed by atoms with Crippen LogP contribution in [-0.2, 0) is 21.0 Å². The molecule has 0 radical (unpaired) electrons. The number of halogens is 4. The molecule has 1 unspecified atom stereocenters. The van der Waals surface area contributed by atoms with Crippen LogP contribution in [0.1, 0.15) is 5.82 Å². The van der Waals surface area contributed by atoms with Gasteiger partial charge in [-0.3, -0.25) is 0 Å². The molecule has 4 rings (SSSR count). The summed E-state index contributed by atoms with van der Waals surface area (Å²) >= 11 is 0. The van der Waals surface area contributed by atoms with Gasteiger partial charge in [0.05, 0.1) is 12.9 Å². The Morgan fingerprint density at radius 2 is 1.79 bits per heavy atom. The first kappa shape index (κ1) is 22.6. The number of nitrogens with one attached hydrogen (secondary N) is 1. The summed E-state index contributed by atoms with van der Waals surface area (Å²) < 4.78 is 79.2. The van der Waals surface area contributed by atoms with Gasteiger partial charge in [-0.2, -0.15) is 0 Å². The number of sulfone groups is 1. The molecule has 2 aromatic heterocycles. The number of alkyl halides is 2. The summed E-state index contributed by atoms with van der Waals surface area (Å²) in [5, 5.41) is 3.56. The molecule has 170 valence electrons. The molecule has 1 N–H and O–H groups in total. The molecule has 2 heterocycles. The second-order valence-electron chi connectivity index (χ2n) is 6.83. The third-order valence-electron chi connectivity index (χ3n) is 4.41. The summed E-state index contributed by atoms with van der Waals surface area (Å²) in [6.07, 6.45) is -0.487. The van der Waals surface area contributed by atoms with Crippen molar-refractivity contribution in [2.45, 2.75) is 17.9 Å². The Morgan fingerprint density at radius 1 is 1.09 bits per heavy atom. The Morgan fingerprint density at radius 3 is 2.45 bits per heavy atom. The zero-order chi connectivity index (χ0) is 23.6. The second-order valence-corrected chi connectivity index (χ2v) is 8.67. The minimum Gasteiger partial charge on any atom is -0.606 e. The van der Waals surface area contributed by atoms with E-state index in [0.717, 1.165) is 34.5 Å². The highest BCUT2D eigenvalue weighted by Crippen LogP contribution is 2.26. The van der Waals surface area contributed by atoms with E-state index in [1.807, 2.05) is 0 Å². The van der Waals surface area contributed by atoms with Crippen LogP contribution < -0.4 is 5.32 Å². The van der Waals surface area contributed by atoms with Gasteiger partial charge in [-0.1, -0.05) is 22.4 Å². The molecule has 12 heteroatoms. The van der Waals surface area contributed by atoms with Crippen molar-refractivity contribution in [3.63, 3.8) is 0 Å². The van der Waals surface area contributed by atoms with Crippen LogP contribution in [0, 0.1) is 11.6 Å². The highest BCUT2D eigenvalue weighted by molar-refractivity contribution is 8.00. The monoisotopic (exact) mass is 477 g/mol. The van der Waals surface area contributed by atoms with Crippen LogP contribution in [0.15, 0.2) is 65.2 Å². The van der Waals surface area contributed by atoms with Crippen LogP contribution in [0.5, 0.6) is 0 Å². The van der Waals surface area contributed by atoms with Gasteiger partial charge in [0.15, 0.2) is 27.7 Å².